The summed E-state index contributed by atoms with van der Waals surface area (Å²) in [4.78, 5) is 28.2. The van der Waals surface area contributed by atoms with E-state index in [9.17, 15) is 14.7 Å². The zero-order chi connectivity index (χ0) is 21.6. The average molecular weight is 441 g/mol. The zero-order valence-electron chi connectivity index (χ0n) is 17.0. The van der Waals surface area contributed by atoms with Crippen LogP contribution in [-0.2, 0) is 17.8 Å². The molecule has 1 aliphatic heterocycles. The van der Waals surface area contributed by atoms with Gasteiger partial charge in [0.2, 0.25) is 5.88 Å². The number of hydrogen-bond donors (Lipinski definition) is 2. The smallest absolute Gasteiger partial charge is 0.410 e. The number of nitrogens with one attached hydrogen (secondary N) is 1. The Bertz CT molecular complexity index is 1060. The van der Waals surface area contributed by atoms with Gasteiger partial charge in [-0.1, -0.05) is 53.8 Å². The van der Waals surface area contributed by atoms with Crippen molar-refractivity contribution in [2.45, 2.75) is 31.9 Å². The number of hydrogen-bond acceptors (Lipinski definition) is 6. The third-order valence-corrected chi connectivity index (χ3v) is 6.12. The number of carbonyl (C=O) groups is 1. The number of thiazole rings is 1. The molecule has 0 radical (unpaired) electrons. The third kappa shape index (κ3) is 5.46. The number of benzene rings is 2. The van der Waals surface area contributed by atoms with E-state index < -0.39 is 0 Å². The van der Waals surface area contributed by atoms with Crippen LogP contribution in [0.4, 0.5) is 4.79 Å². The monoisotopic (exact) mass is 440 g/mol. The summed E-state index contributed by atoms with van der Waals surface area (Å²) in [7, 11) is 0. The van der Waals surface area contributed by atoms with Crippen molar-refractivity contribution in [3.8, 4) is 11.6 Å². The van der Waals surface area contributed by atoms with Gasteiger partial charge in [-0.15, -0.1) is 0 Å². The van der Waals surface area contributed by atoms with Crippen LogP contribution in [0.15, 0.2) is 59.4 Å². The van der Waals surface area contributed by atoms with Crippen LogP contribution in [0.3, 0.4) is 0 Å². The van der Waals surface area contributed by atoms with Gasteiger partial charge in [-0.2, -0.15) is 0 Å². The van der Waals surface area contributed by atoms with Gasteiger partial charge in [-0.05, 0) is 36.1 Å². The topological polar surface area (TPSA) is 91.9 Å². The summed E-state index contributed by atoms with van der Waals surface area (Å²) in [5.74, 6) is 0.635. The van der Waals surface area contributed by atoms with E-state index in [4.69, 9.17) is 9.47 Å². The lowest BCUT2D eigenvalue weighted by Gasteiger charge is -2.24. The van der Waals surface area contributed by atoms with Crippen LogP contribution >= 0.6 is 11.3 Å². The number of ether oxygens (including phenoxy) is 2. The molecule has 162 valence electrons. The van der Waals surface area contributed by atoms with Gasteiger partial charge < -0.3 is 19.5 Å². The van der Waals surface area contributed by atoms with E-state index in [1.54, 1.807) is 4.90 Å². The van der Waals surface area contributed by atoms with E-state index in [0.29, 0.717) is 30.2 Å². The molecule has 2 heterocycles. The second kappa shape index (κ2) is 9.70. The maximum absolute atomic E-state index is 12.5. The molecule has 0 spiro atoms. The van der Waals surface area contributed by atoms with E-state index in [0.717, 1.165) is 35.3 Å². The van der Waals surface area contributed by atoms with Crippen LogP contribution in [0, 0.1) is 0 Å². The van der Waals surface area contributed by atoms with Crippen molar-refractivity contribution >= 4 is 17.4 Å². The maximum Gasteiger partial charge on any atom is 0.410 e. The minimum absolute atomic E-state index is 0.0166. The summed E-state index contributed by atoms with van der Waals surface area (Å²) in [5, 5.41) is 9.71. The van der Waals surface area contributed by atoms with Crippen LogP contribution in [0.25, 0.3) is 0 Å². The summed E-state index contributed by atoms with van der Waals surface area (Å²) >= 11 is 1.00. The first-order chi connectivity index (χ1) is 15.1. The largest absolute Gasteiger partial charge is 0.494 e. The molecule has 31 heavy (non-hydrogen) atoms. The predicted molar refractivity (Wildman–Crippen MR) is 118 cm³/mol. The number of carbonyl (C=O) groups excluding carboxylic acids is 1. The second-order valence-electron chi connectivity index (χ2n) is 7.45. The second-order valence-corrected chi connectivity index (χ2v) is 8.52. The molecule has 7 nitrogen and oxygen atoms in total. The van der Waals surface area contributed by atoms with Gasteiger partial charge in [0.05, 0.1) is 10.9 Å². The lowest BCUT2D eigenvalue weighted by Crippen LogP contribution is -2.39. The fourth-order valence-electron chi connectivity index (χ4n) is 3.60. The van der Waals surface area contributed by atoms with Gasteiger partial charge in [0.25, 0.3) is 0 Å². The molecule has 1 amide bonds. The van der Waals surface area contributed by atoms with Crippen molar-refractivity contribution < 1.29 is 19.4 Å². The Morgan fingerprint density at radius 2 is 1.90 bits per heavy atom. The first-order valence-corrected chi connectivity index (χ1v) is 11.0. The Balaban J connectivity index is 1.28. The van der Waals surface area contributed by atoms with E-state index in [1.165, 1.54) is 0 Å². The summed E-state index contributed by atoms with van der Waals surface area (Å²) in [6, 6.07) is 17.1. The van der Waals surface area contributed by atoms with E-state index >= 15 is 0 Å². The molecule has 2 aromatic carbocycles. The fraction of sp³-hybridized carbons (Fsp3) is 0.304. The van der Waals surface area contributed by atoms with Crippen molar-refractivity contribution in [1.29, 1.82) is 0 Å². The lowest BCUT2D eigenvalue weighted by atomic mass is 10.1. The SMILES string of the molecule is O=C(OCc1ccccc1)N1CCC[C@H]1COc1ccc(Cc2sc(=O)[nH]c2O)cc1. The first-order valence-electron chi connectivity index (χ1n) is 10.2. The normalized spacial score (nSPS) is 15.7. The number of H-pyrrole nitrogens is 1. The highest BCUT2D eigenvalue weighted by molar-refractivity contribution is 7.09. The summed E-state index contributed by atoms with van der Waals surface area (Å²) < 4.78 is 11.4. The molecule has 0 aliphatic carbocycles. The number of nitrogens with zero attached hydrogens (tertiary/aromatic N) is 1. The van der Waals surface area contributed by atoms with E-state index in [2.05, 4.69) is 4.98 Å². The van der Waals surface area contributed by atoms with Crippen LogP contribution in [0.2, 0.25) is 0 Å². The Morgan fingerprint density at radius 1 is 1.13 bits per heavy atom. The van der Waals surface area contributed by atoms with Crippen LogP contribution < -0.4 is 9.61 Å². The third-order valence-electron chi connectivity index (χ3n) is 5.25. The number of aromatic hydroxyl groups is 1. The van der Waals surface area contributed by atoms with Gasteiger partial charge in [0.15, 0.2) is 0 Å². The Labute approximate surface area is 183 Å². The molecule has 0 unspecified atom stereocenters. The average Bonchev–Trinajstić information content (AvgIpc) is 3.38. The number of likely N-dealkylation sites (tertiary alicyclic amines) is 1. The molecule has 0 bridgehead atoms. The minimum Gasteiger partial charge on any atom is -0.494 e. The van der Waals surface area contributed by atoms with Crippen molar-refractivity contribution in [1.82, 2.24) is 9.88 Å². The molecule has 1 aromatic heterocycles. The molecule has 1 fully saturated rings. The summed E-state index contributed by atoms with van der Waals surface area (Å²) in [6.07, 6.45) is 1.97. The van der Waals surface area contributed by atoms with Crippen LogP contribution in [-0.4, -0.2) is 40.3 Å². The van der Waals surface area contributed by atoms with Crippen molar-refractivity contribution in [3.63, 3.8) is 0 Å². The Morgan fingerprint density at radius 3 is 2.61 bits per heavy atom. The molecular weight excluding hydrogens is 416 g/mol. The molecular formula is C23H24N2O5S. The molecule has 1 saturated heterocycles. The Kier molecular flexibility index (Phi) is 6.57. The molecule has 0 saturated carbocycles. The molecule has 2 N–H and O–H groups in total. The minimum atomic E-state index is -0.310. The number of aromatic amines is 1. The fourth-order valence-corrected chi connectivity index (χ4v) is 4.36. The van der Waals surface area contributed by atoms with Crippen molar-refractivity contribution in [3.05, 3.63) is 80.3 Å². The van der Waals surface area contributed by atoms with Crippen LogP contribution in [0.5, 0.6) is 11.6 Å². The highest BCUT2D eigenvalue weighted by atomic mass is 32.1. The van der Waals surface area contributed by atoms with Crippen LogP contribution in [0.1, 0.15) is 28.8 Å². The van der Waals surface area contributed by atoms with Crippen molar-refractivity contribution in [2.24, 2.45) is 0 Å². The molecule has 3 aromatic rings. The van der Waals surface area contributed by atoms with Gasteiger partial charge in [0, 0.05) is 13.0 Å². The van der Waals surface area contributed by atoms with Gasteiger partial charge in [-0.3, -0.25) is 9.78 Å². The van der Waals surface area contributed by atoms with Crippen molar-refractivity contribution in [2.75, 3.05) is 13.2 Å². The first kappa shape index (κ1) is 21.0. The summed E-state index contributed by atoms with van der Waals surface area (Å²) in [6.45, 7) is 1.33. The standard InChI is InChI=1S/C23H24N2O5S/c26-21-20(31-22(27)24-21)13-16-8-10-19(11-9-16)29-15-18-7-4-12-25(18)23(28)30-14-17-5-2-1-3-6-17/h1-3,5-6,8-11,18,26H,4,7,12-15H2,(H,24,27)/t18-/m0/s1. The highest BCUT2D eigenvalue weighted by Gasteiger charge is 2.30. The van der Waals surface area contributed by atoms with Gasteiger partial charge in [0.1, 0.15) is 19.0 Å². The summed E-state index contributed by atoms with van der Waals surface area (Å²) in [5.41, 5.74) is 1.92. The van der Waals surface area contributed by atoms with E-state index in [-0.39, 0.29) is 29.5 Å². The molecule has 4 rings (SSSR count). The number of amides is 1. The highest BCUT2D eigenvalue weighted by Crippen LogP contribution is 2.23. The van der Waals surface area contributed by atoms with Gasteiger partial charge >= 0.3 is 11.0 Å². The molecule has 1 atom stereocenters. The Hall–Kier alpha value is -3.26. The maximum atomic E-state index is 12.5. The van der Waals surface area contributed by atoms with Gasteiger partial charge in [-0.25, -0.2) is 4.79 Å². The lowest BCUT2D eigenvalue weighted by molar-refractivity contribution is 0.0824. The zero-order valence-corrected chi connectivity index (χ0v) is 17.8. The number of rotatable bonds is 7. The van der Waals surface area contributed by atoms with E-state index in [1.807, 2.05) is 54.6 Å². The molecule has 8 heteroatoms. The number of aromatic nitrogens is 1. The molecule has 1 aliphatic rings. The predicted octanol–water partition coefficient (Wildman–Crippen LogP) is 3.91. The quantitative estimate of drug-likeness (QED) is 0.581.